The first-order chi connectivity index (χ1) is 15.6. The Morgan fingerprint density at radius 2 is 1.50 bits per heavy atom. The monoisotopic (exact) mass is 517 g/mol. The molecule has 2 aromatic carbocycles. The number of alkyl halides is 9. The van der Waals surface area contributed by atoms with Gasteiger partial charge in [-0.15, -0.1) is 0 Å². The van der Waals surface area contributed by atoms with Gasteiger partial charge in [-0.25, -0.2) is 9.48 Å². The van der Waals surface area contributed by atoms with Gasteiger partial charge in [-0.2, -0.15) is 44.6 Å². The number of ether oxygens (including phenoxy) is 1. The van der Waals surface area contributed by atoms with Crippen molar-refractivity contribution >= 4 is 23.4 Å². The van der Waals surface area contributed by atoms with E-state index in [2.05, 4.69) is 9.84 Å². The molecule has 182 valence electrons. The third-order valence-corrected chi connectivity index (χ3v) is 4.42. The number of halogens is 10. The van der Waals surface area contributed by atoms with Crippen molar-refractivity contribution in [2.45, 2.75) is 18.5 Å². The maximum atomic E-state index is 13.6. The lowest BCUT2D eigenvalue weighted by molar-refractivity contribution is -0.143. The van der Waals surface area contributed by atoms with Crippen LogP contribution >= 0.6 is 11.6 Å². The molecule has 0 spiro atoms. The van der Waals surface area contributed by atoms with Gasteiger partial charge in [-0.1, -0.05) is 11.6 Å². The van der Waals surface area contributed by atoms with Crippen LogP contribution < -0.4 is 10.1 Å². The summed E-state index contributed by atoms with van der Waals surface area (Å²) in [5.74, 6) is -1.21. The molecule has 1 aromatic heterocycles. The summed E-state index contributed by atoms with van der Waals surface area (Å²) in [4.78, 5) is 12.1. The third kappa shape index (κ3) is 5.55. The van der Waals surface area contributed by atoms with Gasteiger partial charge in [0.1, 0.15) is 0 Å². The number of rotatable bonds is 3. The lowest BCUT2D eigenvalue weighted by Crippen LogP contribution is -2.22. The number of aromatic nitrogens is 2. The van der Waals surface area contributed by atoms with Crippen LogP contribution in [-0.2, 0) is 18.5 Å². The van der Waals surface area contributed by atoms with E-state index < -0.39 is 52.9 Å². The Kier molecular flexibility index (Phi) is 6.48. The first kappa shape index (κ1) is 25.2. The second kappa shape index (κ2) is 8.74. The number of anilines is 1. The van der Waals surface area contributed by atoms with E-state index in [1.165, 1.54) is 17.4 Å². The second-order valence-corrected chi connectivity index (χ2v) is 6.95. The molecule has 0 bridgehead atoms. The van der Waals surface area contributed by atoms with Crippen LogP contribution in [0.2, 0.25) is 5.02 Å². The number of hydrogen-bond acceptors (Lipinski definition) is 3. The van der Waals surface area contributed by atoms with Crippen molar-refractivity contribution in [2.24, 2.45) is 0 Å². The van der Waals surface area contributed by atoms with Gasteiger partial charge in [0.25, 0.3) is 0 Å². The third-order valence-electron chi connectivity index (χ3n) is 4.17. The van der Waals surface area contributed by atoms with Gasteiger partial charge in [0.2, 0.25) is 0 Å². The van der Waals surface area contributed by atoms with Crippen LogP contribution in [0.15, 0.2) is 48.7 Å². The Bertz CT molecular complexity index is 1200. The van der Waals surface area contributed by atoms with E-state index in [-0.39, 0.29) is 28.9 Å². The highest BCUT2D eigenvalue weighted by atomic mass is 35.5. The summed E-state index contributed by atoms with van der Waals surface area (Å²) in [6.45, 7) is 0. The van der Waals surface area contributed by atoms with Gasteiger partial charge in [0.05, 0.1) is 28.7 Å². The number of nitrogens with zero attached hydrogens (tertiary/aromatic N) is 2. The SMILES string of the molecule is O=C(Nc1cc(C(F)(F)F)ccc1C(F)(F)F)Oc1cnn(-c2ccc(Cl)cc2)c1C(F)(F)F. The number of nitrogens with one attached hydrogen (secondary N) is 1. The molecule has 1 heterocycles. The summed E-state index contributed by atoms with van der Waals surface area (Å²) < 4.78 is 124. The summed E-state index contributed by atoms with van der Waals surface area (Å²) >= 11 is 5.68. The molecule has 5 nitrogen and oxygen atoms in total. The first-order valence-corrected chi connectivity index (χ1v) is 9.13. The van der Waals surface area contributed by atoms with Crippen LogP contribution in [0, 0.1) is 0 Å². The molecule has 15 heteroatoms. The number of carbonyl (C=O) groups excluding carboxylic acids is 1. The quantitative estimate of drug-likeness (QED) is 0.374. The Hall–Kier alpha value is -3.42. The molecule has 1 amide bonds. The Morgan fingerprint density at radius 1 is 0.882 bits per heavy atom. The predicted octanol–water partition coefficient (Wildman–Crippen LogP) is 7.19. The van der Waals surface area contributed by atoms with Gasteiger partial charge in [-0.3, -0.25) is 5.32 Å². The van der Waals surface area contributed by atoms with Crippen LogP contribution in [0.3, 0.4) is 0 Å². The van der Waals surface area contributed by atoms with Crippen LogP contribution in [0.25, 0.3) is 5.69 Å². The average molecular weight is 518 g/mol. The first-order valence-electron chi connectivity index (χ1n) is 8.76. The molecule has 0 aliphatic carbocycles. The Morgan fingerprint density at radius 3 is 2.03 bits per heavy atom. The van der Waals surface area contributed by atoms with Crippen molar-refractivity contribution in [3.8, 4) is 11.4 Å². The van der Waals surface area contributed by atoms with Crippen LogP contribution in [-0.4, -0.2) is 15.9 Å². The lowest BCUT2D eigenvalue weighted by Gasteiger charge is -2.17. The normalized spacial score (nSPS) is 12.5. The van der Waals surface area contributed by atoms with Crippen LogP contribution in [0.5, 0.6) is 5.75 Å². The summed E-state index contributed by atoms with van der Waals surface area (Å²) in [6.07, 6.45) is -16.9. The molecule has 0 radical (unpaired) electrons. The largest absolute Gasteiger partial charge is 0.437 e. The fourth-order valence-corrected chi connectivity index (χ4v) is 2.88. The van der Waals surface area contributed by atoms with E-state index in [1.54, 1.807) is 0 Å². The zero-order valence-corrected chi connectivity index (χ0v) is 16.9. The molecule has 0 atom stereocenters. The zero-order valence-electron chi connectivity index (χ0n) is 16.1. The van der Waals surface area contributed by atoms with E-state index in [0.29, 0.717) is 10.9 Å². The molecule has 0 aliphatic rings. The van der Waals surface area contributed by atoms with Gasteiger partial charge in [-0.05, 0) is 42.5 Å². The minimum atomic E-state index is -5.19. The van der Waals surface area contributed by atoms with E-state index in [4.69, 9.17) is 11.6 Å². The van der Waals surface area contributed by atoms with E-state index in [0.717, 1.165) is 12.1 Å². The van der Waals surface area contributed by atoms with Crippen LogP contribution in [0.4, 0.5) is 50.0 Å². The molecule has 3 aromatic rings. The maximum absolute atomic E-state index is 13.6. The molecular formula is C19H9ClF9N3O2. The van der Waals surface area contributed by atoms with E-state index in [9.17, 15) is 44.3 Å². The number of carbonyl (C=O) groups is 1. The minimum Gasteiger partial charge on any atom is -0.406 e. The van der Waals surface area contributed by atoms with Crippen molar-refractivity contribution < 1.29 is 49.0 Å². The fourth-order valence-electron chi connectivity index (χ4n) is 2.75. The van der Waals surface area contributed by atoms with Crippen molar-refractivity contribution in [1.29, 1.82) is 0 Å². The molecular weight excluding hydrogens is 509 g/mol. The fraction of sp³-hybridized carbons (Fsp3) is 0.158. The van der Waals surface area contributed by atoms with Crippen molar-refractivity contribution in [1.82, 2.24) is 9.78 Å². The number of hydrogen-bond donors (Lipinski definition) is 1. The number of amides is 1. The van der Waals surface area contributed by atoms with Crippen LogP contribution in [0.1, 0.15) is 16.8 Å². The average Bonchev–Trinajstić information content (AvgIpc) is 3.10. The number of benzene rings is 2. The molecule has 0 aliphatic heterocycles. The summed E-state index contributed by atoms with van der Waals surface area (Å²) in [5.41, 5.74) is -6.34. The smallest absolute Gasteiger partial charge is 0.406 e. The van der Waals surface area contributed by atoms with Gasteiger partial charge in [0, 0.05) is 5.02 Å². The topological polar surface area (TPSA) is 56.1 Å². The lowest BCUT2D eigenvalue weighted by atomic mass is 10.1. The maximum Gasteiger partial charge on any atom is 0.437 e. The Balaban J connectivity index is 1.96. The summed E-state index contributed by atoms with van der Waals surface area (Å²) in [6, 6.07) is 5.00. The predicted molar refractivity (Wildman–Crippen MR) is 99.7 cm³/mol. The summed E-state index contributed by atoms with van der Waals surface area (Å²) in [5, 5.41) is 5.07. The van der Waals surface area contributed by atoms with E-state index >= 15 is 0 Å². The molecule has 0 saturated carbocycles. The van der Waals surface area contributed by atoms with Crippen molar-refractivity contribution in [3.63, 3.8) is 0 Å². The molecule has 3 rings (SSSR count). The Labute approximate surface area is 188 Å². The van der Waals surface area contributed by atoms with Crippen molar-refractivity contribution in [2.75, 3.05) is 5.32 Å². The molecule has 34 heavy (non-hydrogen) atoms. The zero-order chi connectivity index (χ0) is 25.5. The highest BCUT2D eigenvalue weighted by Gasteiger charge is 2.41. The van der Waals surface area contributed by atoms with E-state index in [1.807, 2.05) is 0 Å². The highest BCUT2D eigenvalue weighted by Crippen LogP contribution is 2.40. The molecule has 1 N–H and O–H groups in total. The molecule has 0 saturated heterocycles. The van der Waals surface area contributed by atoms with Gasteiger partial charge in [0.15, 0.2) is 11.4 Å². The molecule has 0 fully saturated rings. The van der Waals surface area contributed by atoms with Gasteiger partial charge >= 0.3 is 24.6 Å². The van der Waals surface area contributed by atoms with Crippen molar-refractivity contribution in [3.05, 3.63) is 70.5 Å². The standard InChI is InChI=1S/C19H9ClF9N3O2/c20-10-2-4-11(5-3-10)32-15(19(27,28)29)14(8-30-32)34-16(33)31-13-7-9(17(21,22)23)1-6-12(13)18(24,25)26/h1-8H,(H,31,33). The second-order valence-electron chi connectivity index (χ2n) is 6.51. The molecule has 0 unspecified atom stereocenters. The van der Waals surface area contributed by atoms with Gasteiger partial charge < -0.3 is 4.74 Å². The highest BCUT2D eigenvalue weighted by molar-refractivity contribution is 6.30. The minimum absolute atomic E-state index is 0.0219. The summed E-state index contributed by atoms with van der Waals surface area (Å²) in [7, 11) is 0.